The van der Waals surface area contributed by atoms with Gasteiger partial charge in [0.15, 0.2) is 4.34 Å². The van der Waals surface area contributed by atoms with Crippen LogP contribution in [0.1, 0.15) is 39.5 Å². The van der Waals surface area contributed by atoms with E-state index in [1.165, 1.54) is 29.5 Å². The van der Waals surface area contributed by atoms with E-state index in [9.17, 15) is 4.79 Å². The number of hydrogen-bond acceptors (Lipinski definition) is 6. The van der Waals surface area contributed by atoms with Crippen LogP contribution in [0.5, 0.6) is 0 Å². The van der Waals surface area contributed by atoms with Gasteiger partial charge in [-0.2, -0.15) is 0 Å². The van der Waals surface area contributed by atoms with E-state index in [0.29, 0.717) is 12.6 Å². The van der Waals surface area contributed by atoms with Crippen LogP contribution in [0, 0.1) is 0 Å². The van der Waals surface area contributed by atoms with Crippen LogP contribution in [0.3, 0.4) is 0 Å². The Morgan fingerprint density at radius 2 is 2.41 bits per heavy atom. The summed E-state index contributed by atoms with van der Waals surface area (Å²) in [6.07, 6.45) is 6.31. The Morgan fingerprint density at radius 1 is 1.59 bits per heavy atom. The highest BCUT2D eigenvalue weighted by Gasteiger charge is 2.29. The third-order valence-electron chi connectivity index (χ3n) is 3.81. The smallest absolute Gasteiger partial charge is 0.236 e. The molecule has 0 bridgehead atoms. The molecule has 1 aromatic rings. The van der Waals surface area contributed by atoms with Gasteiger partial charge in [-0.05, 0) is 32.6 Å². The number of anilines is 1. The second-order valence-corrected chi connectivity index (χ2v) is 7.96. The summed E-state index contributed by atoms with van der Waals surface area (Å²) in [5.74, 6) is 0.229. The van der Waals surface area contributed by atoms with Crippen molar-refractivity contribution in [2.45, 2.75) is 55.2 Å². The largest absolute Gasteiger partial charge is 0.357 e. The molecular formula is C15H24N4OS2. The molecule has 0 aliphatic carbocycles. The number of rotatable bonds is 7. The summed E-state index contributed by atoms with van der Waals surface area (Å²) in [6, 6.07) is 0.406. The van der Waals surface area contributed by atoms with E-state index in [0.717, 1.165) is 35.3 Å². The lowest BCUT2D eigenvalue weighted by Crippen LogP contribution is -2.46. The van der Waals surface area contributed by atoms with Crippen LogP contribution in [0.4, 0.5) is 5.13 Å². The molecule has 122 valence electrons. The van der Waals surface area contributed by atoms with Gasteiger partial charge >= 0.3 is 0 Å². The number of carbonyl (C=O) groups is 1. The van der Waals surface area contributed by atoms with E-state index in [-0.39, 0.29) is 11.2 Å². The maximum Gasteiger partial charge on any atom is 0.236 e. The van der Waals surface area contributed by atoms with Crippen LogP contribution >= 0.6 is 23.1 Å². The zero-order valence-corrected chi connectivity index (χ0v) is 14.9. The Kier molecular flexibility index (Phi) is 6.70. The number of nitrogens with one attached hydrogen (secondary N) is 1. The predicted octanol–water partition coefficient (Wildman–Crippen LogP) is 3.41. The van der Waals surface area contributed by atoms with Crippen molar-refractivity contribution in [3.63, 3.8) is 0 Å². The van der Waals surface area contributed by atoms with Crippen molar-refractivity contribution in [2.75, 3.05) is 18.4 Å². The van der Waals surface area contributed by atoms with Crippen LogP contribution in [0.25, 0.3) is 0 Å². The average Bonchev–Trinajstić information content (AvgIpc) is 2.99. The van der Waals surface area contributed by atoms with Gasteiger partial charge in [-0.25, -0.2) is 0 Å². The van der Waals surface area contributed by atoms with Crippen LogP contribution in [-0.4, -0.2) is 45.4 Å². The van der Waals surface area contributed by atoms with Crippen LogP contribution in [0.15, 0.2) is 17.0 Å². The molecule has 7 heteroatoms. The lowest BCUT2D eigenvalue weighted by molar-refractivity contribution is -0.134. The minimum absolute atomic E-state index is 0.118. The molecule has 2 heterocycles. The Labute approximate surface area is 140 Å². The number of carbonyl (C=O) groups excluding carboxylic acids is 1. The number of nitrogens with zero attached hydrogens (tertiary/aromatic N) is 3. The van der Waals surface area contributed by atoms with Gasteiger partial charge in [-0.3, -0.25) is 4.79 Å². The standard InChI is InChI=1S/C15H24N4OS2/c1-4-9-16-14-17-18-15(22-14)21-11(3)13(20)19-10-7-6-8-12(19)5-2/h4,11-12H,1,5-10H2,2-3H3,(H,16,17). The van der Waals surface area contributed by atoms with Gasteiger partial charge in [0.25, 0.3) is 0 Å². The third kappa shape index (κ3) is 4.46. The number of amides is 1. The molecule has 5 nitrogen and oxygen atoms in total. The summed E-state index contributed by atoms with van der Waals surface area (Å²) >= 11 is 2.98. The molecular weight excluding hydrogens is 316 g/mol. The number of aromatic nitrogens is 2. The minimum Gasteiger partial charge on any atom is -0.357 e. The quantitative estimate of drug-likeness (QED) is 0.609. The lowest BCUT2D eigenvalue weighted by Gasteiger charge is -2.36. The first kappa shape index (κ1) is 17.3. The molecule has 1 aromatic heterocycles. The molecule has 0 spiro atoms. The fourth-order valence-electron chi connectivity index (χ4n) is 2.64. The average molecular weight is 341 g/mol. The number of likely N-dealkylation sites (tertiary alicyclic amines) is 1. The Hall–Kier alpha value is -1.08. The third-order valence-corrected chi connectivity index (χ3v) is 5.86. The van der Waals surface area contributed by atoms with Gasteiger partial charge in [-0.15, -0.1) is 16.8 Å². The number of piperidine rings is 1. The molecule has 2 atom stereocenters. The Bertz CT molecular complexity index is 505. The van der Waals surface area contributed by atoms with E-state index >= 15 is 0 Å². The molecule has 1 aliphatic rings. The van der Waals surface area contributed by atoms with Gasteiger partial charge in [-0.1, -0.05) is 36.1 Å². The van der Waals surface area contributed by atoms with Crippen molar-refractivity contribution in [1.29, 1.82) is 0 Å². The molecule has 2 rings (SSSR count). The summed E-state index contributed by atoms with van der Waals surface area (Å²) in [5, 5.41) is 12.0. The summed E-state index contributed by atoms with van der Waals surface area (Å²) in [5.41, 5.74) is 0. The van der Waals surface area contributed by atoms with E-state index < -0.39 is 0 Å². The van der Waals surface area contributed by atoms with Crippen LogP contribution < -0.4 is 5.32 Å². The van der Waals surface area contributed by atoms with Crippen molar-refractivity contribution in [3.05, 3.63) is 12.7 Å². The highest BCUT2D eigenvalue weighted by atomic mass is 32.2. The van der Waals surface area contributed by atoms with Crippen LogP contribution in [-0.2, 0) is 4.79 Å². The molecule has 1 N–H and O–H groups in total. The van der Waals surface area contributed by atoms with E-state index in [1.54, 1.807) is 6.08 Å². The van der Waals surface area contributed by atoms with Crippen molar-refractivity contribution >= 4 is 34.1 Å². The van der Waals surface area contributed by atoms with Crippen LogP contribution in [0.2, 0.25) is 0 Å². The first-order valence-electron chi connectivity index (χ1n) is 7.81. The SMILES string of the molecule is C=CCNc1nnc(SC(C)C(=O)N2CCCCC2CC)s1. The van der Waals surface area contributed by atoms with Gasteiger partial charge < -0.3 is 10.2 Å². The van der Waals surface area contributed by atoms with Crippen molar-refractivity contribution in [3.8, 4) is 0 Å². The van der Waals surface area contributed by atoms with Gasteiger partial charge in [0.05, 0.1) is 5.25 Å². The van der Waals surface area contributed by atoms with Gasteiger partial charge in [0, 0.05) is 19.1 Å². The first-order chi connectivity index (χ1) is 10.7. The first-order valence-corrected chi connectivity index (χ1v) is 9.50. The lowest BCUT2D eigenvalue weighted by atomic mass is 10.00. The minimum atomic E-state index is -0.118. The molecule has 1 amide bonds. The van der Waals surface area contributed by atoms with E-state index in [4.69, 9.17) is 0 Å². The summed E-state index contributed by atoms with van der Waals surface area (Å²) in [4.78, 5) is 14.8. The molecule has 2 unspecified atom stereocenters. The monoisotopic (exact) mass is 340 g/mol. The highest BCUT2D eigenvalue weighted by Crippen LogP contribution is 2.31. The van der Waals surface area contributed by atoms with Crippen molar-refractivity contribution in [1.82, 2.24) is 15.1 Å². The second kappa shape index (κ2) is 8.53. The second-order valence-electron chi connectivity index (χ2n) is 5.39. The number of thioether (sulfide) groups is 1. The van der Waals surface area contributed by atoms with Crippen molar-refractivity contribution in [2.24, 2.45) is 0 Å². The highest BCUT2D eigenvalue weighted by molar-refractivity contribution is 8.02. The molecule has 22 heavy (non-hydrogen) atoms. The van der Waals surface area contributed by atoms with E-state index in [1.807, 2.05) is 6.92 Å². The fourth-order valence-corrected chi connectivity index (χ4v) is 4.61. The molecule has 0 radical (unpaired) electrons. The van der Waals surface area contributed by atoms with E-state index in [2.05, 4.69) is 33.9 Å². The van der Waals surface area contributed by atoms with Crippen molar-refractivity contribution < 1.29 is 4.79 Å². The summed E-state index contributed by atoms with van der Waals surface area (Å²) < 4.78 is 0.831. The maximum absolute atomic E-state index is 12.7. The fraction of sp³-hybridized carbons (Fsp3) is 0.667. The Morgan fingerprint density at radius 3 is 3.14 bits per heavy atom. The zero-order chi connectivity index (χ0) is 15.9. The van der Waals surface area contributed by atoms with Gasteiger partial charge in [0.1, 0.15) is 0 Å². The molecule has 1 saturated heterocycles. The maximum atomic E-state index is 12.7. The topological polar surface area (TPSA) is 58.1 Å². The predicted molar refractivity (Wildman–Crippen MR) is 93.6 cm³/mol. The molecule has 0 aromatic carbocycles. The number of hydrogen-bond donors (Lipinski definition) is 1. The molecule has 1 aliphatic heterocycles. The normalized spacial score (nSPS) is 19.7. The van der Waals surface area contributed by atoms with Gasteiger partial charge in [0.2, 0.25) is 11.0 Å². The summed E-state index contributed by atoms with van der Waals surface area (Å²) in [6.45, 7) is 9.35. The Balaban J connectivity index is 1.92. The molecule has 1 fully saturated rings. The summed E-state index contributed by atoms with van der Waals surface area (Å²) in [7, 11) is 0. The molecule has 0 saturated carbocycles. The zero-order valence-electron chi connectivity index (χ0n) is 13.2.